The Bertz CT molecular complexity index is 705. The molecule has 0 aliphatic rings. The van der Waals surface area contributed by atoms with Gasteiger partial charge >= 0.3 is 0 Å². The van der Waals surface area contributed by atoms with E-state index in [-0.39, 0.29) is 17.6 Å². The fraction of sp³-hybridized carbons (Fsp3) is 0.176. The molecule has 4 nitrogen and oxygen atoms in total. The van der Waals surface area contributed by atoms with E-state index in [2.05, 4.69) is 16.4 Å². The molecule has 0 aromatic heterocycles. The van der Waals surface area contributed by atoms with E-state index in [1.165, 1.54) is 0 Å². The molecule has 0 bridgehead atoms. The molecule has 0 atom stereocenters. The molecule has 0 fully saturated rings. The average Bonchev–Trinajstić information content (AvgIpc) is 2.46. The number of amidine groups is 1. The van der Waals surface area contributed by atoms with Crippen LogP contribution in [0.3, 0.4) is 0 Å². The quantitative estimate of drug-likeness (QED) is 0.512. The lowest BCUT2D eigenvalue weighted by molar-refractivity contribution is 0.102. The lowest BCUT2D eigenvalue weighted by Crippen LogP contribution is -2.15. The van der Waals surface area contributed by atoms with E-state index in [0.29, 0.717) is 11.3 Å². The van der Waals surface area contributed by atoms with Crippen molar-refractivity contribution >= 4 is 34.7 Å². The molecule has 0 unspecified atom stereocenters. The summed E-state index contributed by atoms with van der Waals surface area (Å²) < 4.78 is 0. The van der Waals surface area contributed by atoms with Crippen LogP contribution in [0.5, 0.6) is 0 Å². The van der Waals surface area contributed by atoms with Gasteiger partial charge in [-0.3, -0.25) is 4.79 Å². The van der Waals surface area contributed by atoms with Gasteiger partial charge in [-0.25, -0.2) is 4.99 Å². The first-order chi connectivity index (χ1) is 10.5. The van der Waals surface area contributed by atoms with Crippen molar-refractivity contribution < 1.29 is 4.79 Å². The third-order valence-electron chi connectivity index (χ3n) is 3.03. The summed E-state index contributed by atoms with van der Waals surface area (Å²) >= 11 is 5.64. The van der Waals surface area contributed by atoms with E-state index >= 15 is 0 Å². The predicted octanol–water partition coefficient (Wildman–Crippen LogP) is 3.78. The molecule has 3 N–H and O–H groups in total. The van der Waals surface area contributed by atoms with E-state index in [1.54, 1.807) is 24.3 Å². The third-order valence-corrected chi connectivity index (χ3v) is 3.30. The van der Waals surface area contributed by atoms with Gasteiger partial charge in [0.2, 0.25) is 0 Å². The Hall–Kier alpha value is -2.33. The fourth-order valence-corrected chi connectivity index (χ4v) is 2.25. The van der Waals surface area contributed by atoms with Gasteiger partial charge in [-0.15, -0.1) is 11.6 Å². The summed E-state index contributed by atoms with van der Waals surface area (Å²) in [7, 11) is 0. The maximum Gasteiger partial charge on any atom is 0.257 e. The van der Waals surface area contributed by atoms with Gasteiger partial charge in [0.1, 0.15) is 5.84 Å². The highest BCUT2D eigenvalue weighted by molar-refractivity contribution is 6.28. The first-order valence-corrected chi connectivity index (χ1v) is 7.40. The van der Waals surface area contributed by atoms with Crippen LogP contribution in [0.1, 0.15) is 21.5 Å². The molecular formula is C17H18ClN3O. The number of anilines is 1. The molecule has 2 aromatic rings. The van der Waals surface area contributed by atoms with Crippen LogP contribution in [-0.2, 0) is 0 Å². The fourth-order valence-electron chi connectivity index (χ4n) is 2.19. The molecule has 2 rings (SSSR count). The number of aliphatic imine (C=N–C) groups is 1. The number of benzene rings is 2. The zero-order valence-electron chi connectivity index (χ0n) is 12.6. The number of rotatable bonds is 4. The Morgan fingerprint density at radius 3 is 2.45 bits per heavy atom. The number of amides is 1. The highest BCUT2D eigenvalue weighted by atomic mass is 35.5. The van der Waals surface area contributed by atoms with Crippen molar-refractivity contribution in [1.29, 1.82) is 0 Å². The second-order valence-corrected chi connectivity index (χ2v) is 5.35. The zero-order chi connectivity index (χ0) is 16.1. The largest absolute Gasteiger partial charge is 0.386 e. The predicted molar refractivity (Wildman–Crippen MR) is 92.3 cm³/mol. The summed E-state index contributed by atoms with van der Waals surface area (Å²) in [5.41, 5.74) is 9.55. The molecule has 1 amide bonds. The van der Waals surface area contributed by atoms with Crippen LogP contribution >= 0.6 is 11.6 Å². The molecule has 0 heterocycles. The van der Waals surface area contributed by atoms with Gasteiger partial charge in [0.25, 0.3) is 5.91 Å². The summed E-state index contributed by atoms with van der Waals surface area (Å²) in [5.74, 6) is 0.160. The minimum atomic E-state index is -0.230. The molecule has 0 saturated heterocycles. The summed E-state index contributed by atoms with van der Waals surface area (Å²) in [6, 6.07) is 12.9. The standard InChI is InChI=1S/C17H18ClN3O/c1-11-7-12(2)9-13(8-11)20-17(22)14-5-3-4-6-15(14)21-16(19)10-18/h3-9H,10H2,1-2H3,(H2,19,21)(H,20,22). The van der Waals surface area contributed by atoms with Crippen molar-refractivity contribution in [2.45, 2.75) is 13.8 Å². The van der Waals surface area contributed by atoms with E-state index in [9.17, 15) is 4.79 Å². The molecule has 2 aromatic carbocycles. The van der Waals surface area contributed by atoms with Gasteiger partial charge in [0, 0.05) is 5.69 Å². The van der Waals surface area contributed by atoms with Crippen molar-refractivity contribution in [1.82, 2.24) is 0 Å². The van der Waals surface area contributed by atoms with Crippen molar-refractivity contribution in [3.05, 3.63) is 59.2 Å². The molecule has 22 heavy (non-hydrogen) atoms. The number of halogens is 1. The zero-order valence-corrected chi connectivity index (χ0v) is 13.3. The van der Waals surface area contributed by atoms with E-state index in [0.717, 1.165) is 16.8 Å². The number of hydrogen-bond acceptors (Lipinski definition) is 2. The first-order valence-electron chi connectivity index (χ1n) is 6.87. The topological polar surface area (TPSA) is 67.5 Å². The SMILES string of the molecule is Cc1cc(C)cc(NC(=O)c2ccccc2N=C(N)CCl)c1. The highest BCUT2D eigenvalue weighted by Crippen LogP contribution is 2.21. The molecular weight excluding hydrogens is 298 g/mol. The monoisotopic (exact) mass is 315 g/mol. The van der Waals surface area contributed by atoms with E-state index in [1.807, 2.05) is 26.0 Å². The van der Waals surface area contributed by atoms with Crippen LogP contribution in [0.15, 0.2) is 47.5 Å². The van der Waals surface area contributed by atoms with Crippen molar-refractivity contribution in [3.8, 4) is 0 Å². The van der Waals surface area contributed by atoms with Gasteiger partial charge in [0.15, 0.2) is 0 Å². The average molecular weight is 316 g/mol. The van der Waals surface area contributed by atoms with E-state index < -0.39 is 0 Å². The van der Waals surface area contributed by atoms with Gasteiger partial charge in [0.05, 0.1) is 17.1 Å². The van der Waals surface area contributed by atoms with Crippen LogP contribution in [0, 0.1) is 13.8 Å². The Balaban J connectivity index is 2.30. The molecule has 0 saturated carbocycles. The molecule has 5 heteroatoms. The van der Waals surface area contributed by atoms with Crippen molar-refractivity contribution in [2.75, 3.05) is 11.2 Å². The lowest BCUT2D eigenvalue weighted by atomic mass is 10.1. The number of hydrogen-bond donors (Lipinski definition) is 2. The number of nitrogens with zero attached hydrogens (tertiary/aromatic N) is 1. The Labute approximate surface area is 135 Å². The van der Waals surface area contributed by atoms with Gasteiger partial charge in [-0.2, -0.15) is 0 Å². The lowest BCUT2D eigenvalue weighted by Gasteiger charge is -2.09. The number of carbonyl (C=O) groups is 1. The van der Waals surface area contributed by atoms with Crippen LogP contribution in [0.25, 0.3) is 0 Å². The summed E-state index contributed by atoms with van der Waals surface area (Å²) in [5, 5.41) is 2.89. The number of nitrogens with two attached hydrogens (primary N) is 1. The number of para-hydroxylation sites is 1. The Kier molecular flexibility index (Phi) is 5.17. The van der Waals surface area contributed by atoms with Crippen LogP contribution in [-0.4, -0.2) is 17.6 Å². The molecule has 0 aliphatic heterocycles. The first kappa shape index (κ1) is 16.0. The van der Waals surface area contributed by atoms with Gasteiger partial charge in [-0.1, -0.05) is 18.2 Å². The molecule has 0 aliphatic carbocycles. The minimum absolute atomic E-state index is 0.118. The number of alkyl halides is 1. The smallest absolute Gasteiger partial charge is 0.257 e. The second-order valence-electron chi connectivity index (χ2n) is 5.08. The number of aryl methyl sites for hydroxylation is 2. The maximum absolute atomic E-state index is 12.5. The molecule has 0 radical (unpaired) electrons. The summed E-state index contributed by atoms with van der Waals surface area (Å²) in [6.07, 6.45) is 0. The highest BCUT2D eigenvalue weighted by Gasteiger charge is 2.11. The maximum atomic E-state index is 12.5. The molecule has 0 spiro atoms. The summed E-state index contributed by atoms with van der Waals surface area (Å²) in [4.78, 5) is 16.7. The van der Waals surface area contributed by atoms with Crippen LogP contribution in [0.2, 0.25) is 0 Å². The normalized spacial score (nSPS) is 11.3. The van der Waals surface area contributed by atoms with Gasteiger partial charge in [-0.05, 0) is 49.2 Å². The van der Waals surface area contributed by atoms with E-state index in [4.69, 9.17) is 17.3 Å². The number of nitrogens with one attached hydrogen (secondary N) is 1. The van der Waals surface area contributed by atoms with Crippen LogP contribution < -0.4 is 11.1 Å². The van der Waals surface area contributed by atoms with Crippen LogP contribution in [0.4, 0.5) is 11.4 Å². The molecule has 114 valence electrons. The second kappa shape index (κ2) is 7.09. The van der Waals surface area contributed by atoms with Crippen molar-refractivity contribution in [3.63, 3.8) is 0 Å². The minimum Gasteiger partial charge on any atom is -0.386 e. The van der Waals surface area contributed by atoms with Gasteiger partial charge < -0.3 is 11.1 Å². The Morgan fingerprint density at radius 2 is 1.82 bits per heavy atom. The third kappa shape index (κ3) is 4.09. The number of carbonyl (C=O) groups excluding carboxylic acids is 1. The Morgan fingerprint density at radius 1 is 1.18 bits per heavy atom. The van der Waals surface area contributed by atoms with Crippen molar-refractivity contribution in [2.24, 2.45) is 10.7 Å². The summed E-state index contributed by atoms with van der Waals surface area (Å²) in [6.45, 7) is 3.98.